The molecule has 1 aromatic carbocycles. The Morgan fingerprint density at radius 3 is 2.66 bits per heavy atom. The van der Waals surface area contributed by atoms with Crippen LogP contribution in [0.15, 0.2) is 47.1 Å². The number of carbonyl (C=O) groups excluding carboxylic acids is 2. The lowest BCUT2D eigenvalue weighted by molar-refractivity contribution is -0.119. The molecule has 3 aromatic heterocycles. The van der Waals surface area contributed by atoms with Crippen LogP contribution in [-0.4, -0.2) is 33.6 Å². The van der Waals surface area contributed by atoms with Gasteiger partial charge in [-0.3, -0.25) is 4.79 Å². The smallest absolute Gasteiger partial charge is 0.339 e. The summed E-state index contributed by atoms with van der Waals surface area (Å²) >= 11 is 12.1. The average Bonchev–Trinajstić information content (AvgIpc) is 3.18. The molecule has 1 amide bonds. The third kappa shape index (κ3) is 4.28. The molecule has 162 valence electrons. The van der Waals surface area contributed by atoms with Gasteiger partial charge in [-0.05, 0) is 25.5 Å². The number of hydrogen-bond donors (Lipinski definition) is 1. The molecule has 8 nitrogen and oxygen atoms in total. The van der Waals surface area contributed by atoms with Gasteiger partial charge in [0.15, 0.2) is 12.4 Å². The topological polar surface area (TPSA) is 107 Å². The minimum atomic E-state index is -0.720. The first-order valence-electron chi connectivity index (χ1n) is 9.45. The van der Waals surface area contributed by atoms with Crippen LogP contribution in [0.25, 0.3) is 22.4 Å². The van der Waals surface area contributed by atoms with Crippen molar-refractivity contribution in [2.45, 2.75) is 13.8 Å². The second-order valence-electron chi connectivity index (χ2n) is 6.89. The van der Waals surface area contributed by atoms with E-state index >= 15 is 0 Å². The van der Waals surface area contributed by atoms with Crippen molar-refractivity contribution in [3.8, 4) is 11.3 Å². The van der Waals surface area contributed by atoms with E-state index in [0.29, 0.717) is 27.4 Å². The maximum atomic E-state index is 12.9. The number of pyridine rings is 2. The largest absolute Gasteiger partial charge is 0.452 e. The van der Waals surface area contributed by atoms with Gasteiger partial charge in [-0.1, -0.05) is 58.7 Å². The van der Waals surface area contributed by atoms with E-state index in [2.05, 4.69) is 20.4 Å². The number of benzene rings is 1. The van der Waals surface area contributed by atoms with Gasteiger partial charge >= 0.3 is 5.97 Å². The molecule has 0 aliphatic heterocycles. The summed E-state index contributed by atoms with van der Waals surface area (Å²) in [6.07, 6.45) is 1.37. The summed E-state index contributed by atoms with van der Waals surface area (Å²) in [6, 6.07) is 10.9. The molecule has 3 heterocycles. The molecule has 0 fully saturated rings. The van der Waals surface area contributed by atoms with E-state index in [0.717, 1.165) is 5.56 Å². The summed E-state index contributed by atoms with van der Waals surface area (Å²) in [5.74, 6) is -1.20. The summed E-state index contributed by atoms with van der Waals surface area (Å²) < 4.78 is 10.5. The minimum Gasteiger partial charge on any atom is -0.452 e. The van der Waals surface area contributed by atoms with E-state index in [1.54, 1.807) is 19.9 Å². The summed E-state index contributed by atoms with van der Waals surface area (Å²) in [7, 11) is 0. The van der Waals surface area contributed by atoms with Crippen molar-refractivity contribution in [1.82, 2.24) is 15.1 Å². The quantitative estimate of drug-likeness (QED) is 0.408. The van der Waals surface area contributed by atoms with Gasteiger partial charge in [0.05, 0.1) is 32.4 Å². The zero-order valence-corrected chi connectivity index (χ0v) is 18.5. The molecule has 32 heavy (non-hydrogen) atoms. The van der Waals surface area contributed by atoms with E-state index in [1.807, 2.05) is 30.3 Å². The number of aryl methyl sites for hydroxylation is 1. The van der Waals surface area contributed by atoms with Crippen molar-refractivity contribution in [2.75, 3.05) is 11.9 Å². The lowest BCUT2D eigenvalue weighted by Crippen LogP contribution is -2.22. The van der Waals surface area contributed by atoms with Crippen LogP contribution in [0, 0.1) is 13.8 Å². The van der Waals surface area contributed by atoms with Crippen molar-refractivity contribution in [3.05, 3.63) is 69.5 Å². The molecule has 0 saturated heterocycles. The van der Waals surface area contributed by atoms with Gasteiger partial charge in [0, 0.05) is 11.8 Å². The predicted octanol–water partition coefficient (Wildman–Crippen LogP) is 5.00. The maximum absolute atomic E-state index is 12.9. The maximum Gasteiger partial charge on any atom is 0.339 e. The highest BCUT2D eigenvalue weighted by Gasteiger charge is 2.21. The molecule has 0 aliphatic rings. The van der Waals surface area contributed by atoms with Gasteiger partial charge in [0.1, 0.15) is 0 Å². The lowest BCUT2D eigenvalue weighted by atomic mass is 10.1. The van der Waals surface area contributed by atoms with Crippen LogP contribution in [0.3, 0.4) is 0 Å². The number of aromatic nitrogens is 3. The molecule has 4 rings (SSSR count). The molecule has 4 aromatic rings. The first-order chi connectivity index (χ1) is 15.3. The zero-order valence-electron chi connectivity index (χ0n) is 17.0. The normalized spacial score (nSPS) is 10.9. The molecule has 0 saturated carbocycles. The molecule has 0 radical (unpaired) electrons. The first kappa shape index (κ1) is 21.7. The molecule has 1 N–H and O–H groups in total. The first-order valence-corrected chi connectivity index (χ1v) is 10.2. The van der Waals surface area contributed by atoms with Crippen molar-refractivity contribution >= 4 is 52.0 Å². The number of rotatable bonds is 5. The van der Waals surface area contributed by atoms with Crippen molar-refractivity contribution in [1.29, 1.82) is 0 Å². The van der Waals surface area contributed by atoms with Gasteiger partial charge in [0.25, 0.3) is 11.6 Å². The average molecular weight is 471 g/mol. The number of anilines is 1. The standard InChI is InChI=1S/C22H16Cl2N4O4/c1-11-15(23)9-25-20(19(11)24)27-17(29)10-31-22(30)14-8-16(13-6-4-3-5-7-13)26-21-18(14)12(2)28-32-21/h3-9H,10H2,1-2H3,(H,25,27,29). The van der Waals surface area contributed by atoms with Gasteiger partial charge < -0.3 is 14.6 Å². The highest BCUT2D eigenvalue weighted by Crippen LogP contribution is 2.29. The van der Waals surface area contributed by atoms with Crippen LogP contribution >= 0.6 is 23.2 Å². The minimum absolute atomic E-state index is 0.127. The molecule has 0 spiro atoms. The number of ether oxygens (including phenoxy) is 1. The van der Waals surface area contributed by atoms with Crippen LogP contribution in [0.4, 0.5) is 5.82 Å². The van der Waals surface area contributed by atoms with E-state index < -0.39 is 18.5 Å². The second-order valence-corrected chi connectivity index (χ2v) is 7.67. The number of nitrogens with one attached hydrogen (secondary N) is 1. The summed E-state index contributed by atoms with van der Waals surface area (Å²) in [4.78, 5) is 33.6. The van der Waals surface area contributed by atoms with E-state index in [1.165, 1.54) is 6.20 Å². The van der Waals surface area contributed by atoms with Crippen LogP contribution in [-0.2, 0) is 9.53 Å². The number of esters is 1. The van der Waals surface area contributed by atoms with Crippen molar-refractivity contribution < 1.29 is 18.8 Å². The Bertz CT molecular complexity index is 1340. The van der Waals surface area contributed by atoms with Gasteiger partial charge in [-0.2, -0.15) is 0 Å². The third-order valence-corrected chi connectivity index (χ3v) is 5.54. The zero-order chi connectivity index (χ0) is 22.8. The molecular formula is C22H16Cl2N4O4. The monoisotopic (exact) mass is 470 g/mol. The fraction of sp³-hybridized carbons (Fsp3) is 0.136. The summed E-state index contributed by atoms with van der Waals surface area (Å²) in [5, 5.41) is 7.40. The summed E-state index contributed by atoms with van der Waals surface area (Å²) in [5.41, 5.74) is 2.75. The highest BCUT2D eigenvalue weighted by molar-refractivity contribution is 6.37. The number of halogens is 2. The summed E-state index contributed by atoms with van der Waals surface area (Å²) in [6.45, 7) is 2.84. The third-order valence-electron chi connectivity index (χ3n) is 4.70. The van der Waals surface area contributed by atoms with Gasteiger partial charge in [0.2, 0.25) is 0 Å². The molecule has 0 atom stereocenters. The van der Waals surface area contributed by atoms with Crippen LogP contribution < -0.4 is 5.32 Å². The number of nitrogens with zero attached hydrogens (tertiary/aromatic N) is 3. The molecule has 0 unspecified atom stereocenters. The number of carbonyl (C=O) groups is 2. The molecular weight excluding hydrogens is 455 g/mol. The number of fused-ring (bicyclic) bond motifs is 1. The van der Waals surface area contributed by atoms with E-state index in [-0.39, 0.29) is 22.1 Å². The molecule has 10 heteroatoms. The fourth-order valence-electron chi connectivity index (χ4n) is 3.03. The Balaban J connectivity index is 1.55. The Kier molecular flexibility index (Phi) is 6.07. The molecule has 0 bridgehead atoms. The second kappa shape index (κ2) is 8.94. The number of amides is 1. The number of hydrogen-bond acceptors (Lipinski definition) is 7. The van der Waals surface area contributed by atoms with Crippen LogP contribution in [0.2, 0.25) is 10.0 Å². The fourth-order valence-corrected chi connectivity index (χ4v) is 3.42. The van der Waals surface area contributed by atoms with Gasteiger partial charge in [-0.25, -0.2) is 14.8 Å². The van der Waals surface area contributed by atoms with Crippen molar-refractivity contribution in [3.63, 3.8) is 0 Å². The Morgan fingerprint density at radius 1 is 1.16 bits per heavy atom. The SMILES string of the molecule is Cc1c(Cl)cnc(NC(=O)COC(=O)c2cc(-c3ccccc3)nc3onc(C)c23)c1Cl. The van der Waals surface area contributed by atoms with E-state index in [9.17, 15) is 9.59 Å². The Morgan fingerprint density at radius 2 is 1.91 bits per heavy atom. The highest BCUT2D eigenvalue weighted by atomic mass is 35.5. The van der Waals surface area contributed by atoms with Gasteiger partial charge in [-0.15, -0.1) is 0 Å². The lowest BCUT2D eigenvalue weighted by Gasteiger charge is -2.10. The van der Waals surface area contributed by atoms with Crippen LogP contribution in [0.1, 0.15) is 21.6 Å². The van der Waals surface area contributed by atoms with Crippen molar-refractivity contribution in [2.24, 2.45) is 0 Å². The molecule has 0 aliphatic carbocycles. The van der Waals surface area contributed by atoms with Crippen LogP contribution in [0.5, 0.6) is 0 Å². The van der Waals surface area contributed by atoms with E-state index in [4.69, 9.17) is 32.5 Å². The predicted molar refractivity (Wildman–Crippen MR) is 120 cm³/mol. The Hall–Kier alpha value is -3.49. The Labute approximate surface area is 192 Å².